The van der Waals surface area contributed by atoms with E-state index in [0.29, 0.717) is 0 Å². The lowest BCUT2D eigenvalue weighted by Gasteiger charge is -2.47. The summed E-state index contributed by atoms with van der Waals surface area (Å²) >= 11 is 0. The normalized spacial score (nSPS) is 23.6. The van der Waals surface area contributed by atoms with Crippen LogP contribution in [0.4, 0.5) is 4.39 Å². The van der Waals surface area contributed by atoms with Crippen LogP contribution in [0.5, 0.6) is 0 Å². The molecule has 1 heterocycles. The molecule has 2 aromatic carbocycles. The molecule has 3 nitrogen and oxygen atoms in total. The van der Waals surface area contributed by atoms with Gasteiger partial charge in [0.2, 0.25) is 0 Å². The SMILES string of the molecule is Cc1cc(C)cc([C@H](O)C2CCCC3=Cc4c(cnn4-c4ccc(F)cc4)CC32C)c1. The number of nitrogens with zero attached hydrogens (tertiary/aromatic N) is 2. The number of allylic oxidation sites excluding steroid dienone is 1. The van der Waals surface area contributed by atoms with Crippen LogP contribution in [0.25, 0.3) is 11.8 Å². The molecule has 2 aliphatic carbocycles. The predicted octanol–water partition coefficient (Wildman–Crippen LogP) is 6.11. The van der Waals surface area contributed by atoms with Gasteiger partial charge in [0.15, 0.2) is 0 Å². The first-order chi connectivity index (χ1) is 14.8. The number of halogens is 1. The second kappa shape index (κ2) is 7.45. The Bertz CT molecular complexity index is 1140. The highest BCUT2D eigenvalue weighted by Gasteiger charge is 2.46. The molecule has 0 aliphatic heterocycles. The fourth-order valence-corrected chi connectivity index (χ4v) is 5.79. The Balaban J connectivity index is 1.52. The molecule has 3 atom stereocenters. The fraction of sp³-hybridized carbons (Fsp3) is 0.370. The summed E-state index contributed by atoms with van der Waals surface area (Å²) in [5.74, 6) is -0.0813. The van der Waals surface area contributed by atoms with Crippen LogP contribution in [0.3, 0.4) is 0 Å². The molecule has 3 aromatic rings. The number of aliphatic hydroxyl groups excluding tert-OH is 1. The van der Waals surface area contributed by atoms with Gasteiger partial charge in [0.25, 0.3) is 0 Å². The van der Waals surface area contributed by atoms with Gasteiger partial charge in [-0.05, 0) is 92.3 Å². The maximum atomic E-state index is 13.4. The third-order valence-corrected chi connectivity index (χ3v) is 7.31. The van der Waals surface area contributed by atoms with Crippen molar-refractivity contribution < 1.29 is 9.50 Å². The van der Waals surface area contributed by atoms with E-state index in [9.17, 15) is 9.50 Å². The van der Waals surface area contributed by atoms with Crippen molar-refractivity contribution in [3.05, 3.63) is 88.0 Å². The van der Waals surface area contributed by atoms with E-state index in [4.69, 9.17) is 0 Å². The van der Waals surface area contributed by atoms with Gasteiger partial charge in [-0.2, -0.15) is 5.10 Å². The molecule has 1 aromatic heterocycles. The number of aromatic nitrogens is 2. The van der Waals surface area contributed by atoms with E-state index in [-0.39, 0.29) is 17.2 Å². The molecule has 160 valence electrons. The van der Waals surface area contributed by atoms with Crippen LogP contribution in [-0.2, 0) is 6.42 Å². The van der Waals surface area contributed by atoms with Gasteiger partial charge >= 0.3 is 0 Å². The Kier molecular flexibility index (Phi) is 4.86. The Labute approximate surface area is 183 Å². The number of benzene rings is 2. The number of aliphatic hydroxyl groups is 1. The van der Waals surface area contributed by atoms with E-state index in [1.54, 1.807) is 12.1 Å². The Hall–Kier alpha value is -2.72. The van der Waals surface area contributed by atoms with Crippen LogP contribution in [-0.4, -0.2) is 14.9 Å². The lowest BCUT2D eigenvalue weighted by Crippen LogP contribution is -2.40. The molecule has 1 N–H and O–H groups in total. The zero-order valence-corrected chi connectivity index (χ0v) is 18.4. The number of aryl methyl sites for hydroxylation is 2. The quantitative estimate of drug-likeness (QED) is 0.560. The second-order valence-electron chi connectivity index (χ2n) is 9.57. The number of hydrogen-bond acceptors (Lipinski definition) is 2. The van der Waals surface area contributed by atoms with E-state index >= 15 is 0 Å². The molecule has 0 saturated heterocycles. The third-order valence-electron chi connectivity index (χ3n) is 7.31. The van der Waals surface area contributed by atoms with Crippen molar-refractivity contribution in [1.82, 2.24) is 9.78 Å². The monoisotopic (exact) mass is 416 g/mol. The van der Waals surface area contributed by atoms with Crippen molar-refractivity contribution in [2.24, 2.45) is 11.3 Å². The minimum atomic E-state index is -0.485. The van der Waals surface area contributed by atoms with Crippen LogP contribution in [0.2, 0.25) is 0 Å². The summed E-state index contributed by atoms with van der Waals surface area (Å²) in [5.41, 5.74) is 7.84. The fourth-order valence-electron chi connectivity index (χ4n) is 5.79. The average Bonchev–Trinajstić information content (AvgIpc) is 3.12. The molecular formula is C27H29FN2O. The van der Waals surface area contributed by atoms with Gasteiger partial charge in [0.1, 0.15) is 5.82 Å². The Morgan fingerprint density at radius 1 is 1.13 bits per heavy atom. The van der Waals surface area contributed by atoms with Crippen LogP contribution < -0.4 is 0 Å². The molecule has 31 heavy (non-hydrogen) atoms. The maximum absolute atomic E-state index is 13.4. The first-order valence-corrected chi connectivity index (χ1v) is 11.2. The topological polar surface area (TPSA) is 38.1 Å². The van der Waals surface area contributed by atoms with Gasteiger partial charge in [-0.25, -0.2) is 9.07 Å². The molecule has 0 amide bonds. The number of hydrogen-bond donors (Lipinski definition) is 1. The van der Waals surface area contributed by atoms with Gasteiger partial charge in [0.05, 0.1) is 23.7 Å². The summed E-state index contributed by atoms with van der Waals surface area (Å²) in [6, 6.07) is 12.9. The molecule has 0 radical (unpaired) electrons. The largest absolute Gasteiger partial charge is 0.388 e. The predicted molar refractivity (Wildman–Crippen MR) is 122 cm³/mol. The highest BCUT2D eigenvalue weighted by Crippen LogP contribution is 2.54. The highest BCUT2D eigenvalue weighted by atomic mass is 19.1. The van der Waals surface area contributed by atoms with Gasteiger partial charge in [-0.3, -0.25) is 0 Å². The van der Waals surface area contributed by atoms with Crippen molar-refractivity contribution in [2.45, 2.75) is 52.6 Å². The summed E-state index contributed by atoms with van der Waals surface area (Å²) in [4.78, 5) is 0. The van der Waals surface area contributed by atoms with E-state index in [1.165, 1.54) is 34.4 Å². The molecule has 5 rings (SSSR count). The Morgan fingerprint density at radius 3 is 2.55 bits per heavy atom. The van der Waals surface area contributed by atoms with Crippen LogP contribution >= 0.6 is 0 Å². The maximum Gasteiger partial charge on any atom is 0.123 e. The smallest absolute Gasteiger partial charge is 0.123 e. The summed E-state index contributed by atoms with van der Waals surface area (Å²) in [5, 5.41) is 16.1. The summed E-state index contributed by atoms with van der Waals surface area (Å²) < 4.78 is 15.3. The molecule has 0 spiro atoms. The van der Waals surface area contributed by atoms with Crippen molar-refractivity contribution >= 4 is 6.08 Å². The van der Waals surface area contributed by atoms with Gasteiger partial charge < -0.3 is 5.11 Å². The third kappa shape index (κ3) is 3.43. The average molecular weight is 417 g/mol. The van der Waals surface area contributed by atoms with Crippen LogP contribution in [0.15, 0.2) is 54.2 Å². The minimum absolute atomic E-state index is 0.0982. The lowest BCUT2D eigenvalue weighted by atomic mass is 9.57. The van der Waals surface area contributed by atoms with Gasteiger partial charge in [-0.15, -0.1) is 0 Å². The summed E-state index contributed by atoms with van der Waals surface area (Å²) in [7, 11) is 0. The van der Waals surface area contributed by atoms with Crippen molar-refractivity contribution in [2.75, 3.05) is 0 Å². The number of fused-ring (bicyclic) bond motifs is 2. The van der Waals surface area contributed by atoms with Crippen molar-refractivity contribution in [3.63, 3.8) is 0 Å². The van der Waals surface area contributed by atoms with Crippen LogP contribution in [0, 0.1) is 31.0 Å². The molecule has 0 bridgehead atoms. The molecule has 2 unspecified atom stereocenters. The van der Waals surface area contributed by atoms with Crippen molar-refractivity contribution in [1.29, 1.82) is 0 Å². The summed E-state index contributed by atoms with van der Waals surface area (Å²) in [6.07, 6.45) is 7.72. The minimum Gasteiger partial charge on any atom is -0.388 e. The van der Waals surface area contributed by atoms with E-state index in [0.717, 1.165) is 42.6 Å². The van der Waals surface area contributed by atoms with E-state index in [2.05, 4.69) is 50.1 Å². The first-order valence-electron chi connectivity index (χ1n) is 11.2. The zero-order valence-electron chi connectivity index (χ0n) is 18.4. The van der Waals surface area contributed by atoms with Gasteiger partial charge in [0, 0.05) is 0 Å². The first kappa shape index (κ1) is 20.2. The molecular weight excluding hydrogens is 387 g/mol. The Morgan fingerprint density at radius 2 is 1.84 bits per heavy atom. The second-order valence-corrected chi connectivity index (χ2v) is 9.57. The number of rotatable bonds is 3. The van der Waals surface area contributed by atoms with Crippen LogP contribution in [0.1, 0.15) is 60.2 Å². The van der Waals surface area contributed by atoms with E-state index in [1.807, 2.05) is 10.9 Å². The van der Waals surface area contributed by atoms with E-state index < -0.39 is 6.10 Å². The highest BCUT2D eigenvalue weighted by molar-refractivity contribution is 5.61. The standard InChI is InChI=1S/C27H29FN2O/c1-17-11-18(2)13-19(12-17)26(31)24-6-4-5-21-14-25-20(15-27(21,24)3)16-29-30(25)23-9-7-22(28)8-10-23/h7-14,16,24,26,31H,4-6,15H2,1-3H3/t24?,26-,27?/m0/s1. The van der Waals surface area contributed by atoms with Crippen molar-refractivity contribution in [3.8, 4) is 5.69 Å². The zero-order chi connectivity index (χ0) is 21.8. The molecule has 4 heteroatoms. The molecule has 1 fully saturated rings. The molecule has 1 saturated carbocycles. The molecule has 2 aliphatic rings. The van der Waals surface area contributed by atoms with Gasteiger partial charge in [-0.1, -0.05) is 41.8 Å². The summed E-state index contributed by atoms with van der Waals surface area (Å²) in [6.45, 7) is 6.49. The lowest BCUT2D eigenvalue weighted by molar-refractivity contribution is 0.0216.